The van der Waals surface area contributed by atoms with Gasteiger partial charge >= 0.3 is 6.18 Å². The summed E-state index contributed by atoms with van der Waals surface area (Å²) in [7, 11) is 1.41. The Kier molecular flexibility index (Phi) is 6.48. The predicted molar refractivity (Wildman–Crippen MR) is 109 cm³/mol. The first-order valence-corrected chi connectivity index (χ1v) is 9.37. The SMILES string of the molecule is CN(Cc1ccccc1)C(=O)c1cnc(Nc2cccc(Cl)c2Cl)nc1C(F)(F)F. The van der Waals surface area contributed by atoms with Gasteiger partial charge in [-0.05, 0) is 17.7 Å². The van der Waals surface area contributed by atoms with Gasteiger partial charge in [0.15, 0.2) is 5.69 Å². The summed E-state index contributed by atoms with van der Waals surface area (Å²) in [6.07, 6.45) is -4.02. The Labute approximate surface area is 180 Å². The summed E-state index contributed by atoms with van der Waals surface area (Å²) < 4.78 is 40.9. The fourth-order valence-corrected chi connectivity index (χ4v) is 3.02. The molecule has 0 unspecified atom stereocenters. The predicted octanol–water partition coefficient (Wildman–Crippen LogP) is 5.82. The van der Waals surface area contributed by atoms with Crippen molar-refractivity contribution < 1.29 is 18.0 Å². The minimum atomic E-state index is -4.87. The van der Waals surface area contributed by atoms with E-state index in [-0.39, 0.29) is 28.2 Å². The van der Waals surface area contributed by atoms with Crippen molar-refractivity contribution in [2.24, 2.45) is 0 Å². The number of halogens is 5. The Hall–Kier alpha value is -2.84. The summed E-state index contributed by atoms with van der Waals surface area (Å²) >= 11 is 11.9. The molecule has 3 rings (SSSR count). The van der Waals surface area contributed by atoms with Crippen LogP contribution < -0.4 is 5.32 Å². The molecule has 0 aliphatic rings. The molecule has 0 saturated carbocycles. The largest absolute Gasteiger partial charge is 0.434 e. The quantitative estimate of drug-likeness (QED) is 0.527. The molecule has 2 aromatic carbocycles. The number of nitrogens with one attached hydrogen (secondary N) is 1. The lowest BCUT2D eigenvalue weighted by Crippen LogP contribution is -2.29. The number of carbonyl (C=O) groups is 1. The Bertz CT molecular complexity index is 1060. The minimum absolute atomic E-state index is 0.110. The van der Waals surface area contributed by atoms with E-state index >= 15 is 0 Å². The van der Waals surface area contributed by atoms with Crippen LogP contribution in [0.3, 0.4) is 0 Å². The van der Waals surface area contributed by atoms with Crippen molar-refractivity contribution in [1.29, 1.82) is 0 Å². The van der Waals surface area contributed by atoms with Crippen LogP contribution in [0.4, 0.5) is 24.8 Å². The molecular formula is C20H15Cl2F3N4O. The van der Waals surface area contributed by atoms with Crippen molar-refractivity contribution in [3.8, 4) is 0 Å². The van der Waals surface area contributed by atoms with Crippen LogP contribution in [0, 0.1) is 0 Å². The van der Waals surface area contributed by atoms with Crippen LogP contribution in [0.2, 0.25) is 10.0 Å². The van der Waals surface area contributed by atoms with Gasteiger partial charge in [-0.3, -0.25) is 4.79 Å². The second kappa shape index (κ2) is 8.89. The zero-order chi connectivity index (χ0) is 21.9. The lowest BCUT2D eigenvalue weighted by Gasteiger charge is -2.20. The Morgan fingerprint density at radius 1 is 1.10 bits per heavy atom. The third-order valence-electron chi connectivity index (χ3n) is 4.10. The molecule has 1 N–H and O–H groups in total. The molecule has 0 aliphatic carbocycles. The van der Waals surface area contributed by atoms with E-state index in [2.05, 4.69) is 15.3 Å². The molecule has 0 saturated heterocycles. The number of hydrogen-bond donors (Lipinski definition) is 1. The molecule has 0 spiro atoms. The smallest absolute Gasteiger partial charge is 0.337 e. The maximum absolute atomic E-state index is 13.6. The van der Waals surface area contributed by atoms with Crippen LogP contribution in [0.25, 0.3) is 0 Å². The Morgan fingerprint density at radius 3 is 2.47 bits per heavy atom. The van der Waals surface area contributed by atoms with Gasteiger partial charge in [-0.25, -0.2) is 9.97 Å². The third-order valence-corrected chi connectivity index (χ3v) is 4.91. The summed E-state index contributed by atoms with van der Waals surface area (Å²) in [4.78, 5) is 21.2. The second-order valence-corrected chi connectivity index (χ2v) is 7.11. The number of amides is 1. The van der Waals surface area contributed by atoms with Crippen molar-refractivity contribution in [2.45, 2.75) is 12.7 Å². The molecule has 1 amide bonds. The van der Waals surface area contributed by atoms with Gasteiger partial charge in [0, 0.05) is 19.8 Å². The van der Waals surface area contributed by atoms with E-state index in [9.17, 15) is 18.0 Å². The van der Waals surface area contributed by atoms with Gasteiger partial charge in [0.25, 0.3) is 5.91 Å². The molecule has 30 heavy (non-hydrogen) atoms. The van der Waals surface area contributed by atoms with E-state index < -0.39 is 23.3 Å². The van der Waals surface area contributed by atoms with Crippen LogP contribution in [0.1, 0.15) is 21.6 Å². The van der Waals surface area contributed by atoms with Gasteiger partial charge in [0.2, 0.25) is 5.95 Å². The maximum Gasteiger partial charge on any atom is 0.434 e. The van der Waals surface area contributed by atoms with Crippen molar-refractivity contribution in [1.82, 2.24) is 14.9 Å². The van der Waals surface area contributed by atoms with Crippen LogP contribution in [0.5, 0.6) is 0 Å². The number of rotatable bonds is 5. The molecule has 0 bridgehead atoms. The van der Waals surface area contributed by atoms with Crippen LogP contribution in [-0.4, -0.2) is 27.8 Å². The van der Waals surface area contributed by atoms with Gasteiger partial charge in [-0.2, -0.15) is 13.2 Å². The van der Waals surface area contributed by atoms with Gasteiger partial charge in [0.05, 0.1) is 21.3 Å². The van der Waals surface area contributed by atoms with Crippen LogP contribution >= 0.6 is 23.2 Å². The first kappa shape index (κ1) is 21.9. The van der Waals surface area contributed by atoms with Crippen LogP contribution in [0.15, 0.2) is 54.7 Å². The van der Waals surface area contributed by atoms with Crippen molar-refractivity contribution in [3.05, 3.63) is 81.6 Å². The summed E-state index contributed by atoms with van der Waals surface area (Å²) in [6, 6.07) is 13.5. The number of aromatic nitrogens is 2. The molecule has 10 heteroatoms. The van der Waals surface area contributed by atoms with E-state index in [1.54, 1.807) is 36.4 Å². The Balaban J connectivity index is 1.91. The van der Waals surface area contributed by atoms with Crippen molar-refractivity contribution >= 4 is 40.7 Å². The molecular weight excluding hydrogens is 440 g/mol. The number of alkyl halides is 3. The molecule has 0 fully saturated rings. The highest BCUT2D eigenvalue weighted by atomic mass is 35.5. The summed E-state index contributed by atoms with van der Waals surface area (Å²) in [5.74, 6) is -1.22. The lowest BCUT2D eigenvalue weighted by atomic mass is 10.1. The normalized spacial score (nSPS) is 11.3. The average Bonchev–Trinajstić information content (AvgIpc) is 2.71. The summed E-state index contributed by atoms with van der Waals surface area (Å²) in [6.45, 7) is 0.134. The molecule has 3 aromatic rings. The number of benzene rings is 2. The fourth-order valence-electron chi connectivity index (χ4n) is 2.67. The molecule has 0 aliphatic heterocycles. The second-order valence-electron chi connectivity index (χ2n) is 6.33. The maximum atomic E-state index is 13.6. The molecule has 0 atom stereocenters. The van der Waals surface area contributed by atoms with Gasteiger partial charge in [0.1, 0.15) is 0 Å². The molecule has 1 heterocycles. The molecule has 156 valence electrons. The highest BCUT2D eigenvalue weighted by Crippen LogP contribution is 2.34. The van der Waals surface area contributed by atoms with E-state index in [4.69, 9.17) is 23.2 Å². The number of hydrogen-bond acceptors (Lipinski definition) is 4. The van der Waals surface area contributed by atoms with Gasteiger partial charge in [-0.1, -0.05) is 59.6 Å². The number of carbonyl (C=O) groups excluding carboxylic acids is 1. The molecule has 5 nitrogen and oxygen atoms in total. The average molecular weight is 455 g/mol. The van der Waals surface area contributed by atoms with Gasteiger partial charge in [-0.15, -0.1) is 0 Å². The zero-order valence-electron chi connectivity index (χ0n) is 15.5. The third kappa shape index (κ3) is 5.01. The standard InChI is InChI=1S/C20H15Cl2F3N4O/c1-29(11-12-6-3-2-4-7-12)18(30)13-10-26-19(28-17(13)20(23,24)25)27-15-9-5-8-14(21)16(15)22/h2-10H,11H2,1H3,(H,26,27,28). The van der Waals surface area contributed by atoms with Gasteiger partial charge < -0.3 is 10.2 Å². The summed E-state index contributed by atoms with van der Waals surface area (Å²) in [5, 5.41) is 2.92. The monoisotopic (exact) mass is 454 g/mol. The number of nitrogens with zero attached hydrogens (tertiary/aromatic N) is 3. The topological polar surface area (TPSA) is 58.1 Å². The minimum Gasteiger partial charge on any atom is -0.337 e. The highest BCUT2D eigenvalue weighted by molar-refractivity contribution is 6.43. The first-order valence-electron chi connectivity index (χ1n) is 8.61. The van der Waals surface area contributed by atoms with E-state index in [0.717, 1.165) is 11.8 Å². The first-order chi connectivity index (χ1) is 14.2. The van der Waals surface area contributed by atoms with E-state index in [1.807, 2.05) is 0 Å². The number of anilines is 2. The zero-order valence-corrected chi connectivity index (χ0v) is 17.1. The molecule has 0 radical (unpaired) electrons. The van der Waals surface area contributed by atoms with Crippen molar-refractivity contribution in [2.75, 3.05) is 12.4 Å². The van der Waals surface area contributed by atoms with Crippen molar-refractivity contribution in [3.63, 3.8) is 0 Å². The highest BCUT2D eigenvalue weighted by Gasteiger charge is 2.38. The molecule has 1 aromatic heterocycles. The van der Waals surface area contributed by atoms with E-state index in [1.165, 1.54) is 24.1 Å². The lowest BCUT2D eigenvalue weighted by molar-refractivity contribution is -0.141. The summed E-state index contributed by atoms with van der Waals surface area (Å²) in [5.41, 5.74) is -0.985. The fraction of sp³-hybridized carbons (Fsp3) is 0.150. The Morgan fingerprint density at radius 2 is 1.80 bits per heavy atom. The van der Waals surface area contributed by atoms with Crippen LogP contribution in [-0.2, 0) is 12.7 Å². The van der Waals surface area contributed by atoms with E-state index in [0.29, 0.717) is 0 Å².